The van der Waals surface area contributed by atoms with E-state index in [9.17, 15) is 14.4 Å². The molecule has 4 rings (SSSR count). The highest BCUT2D eigenvalue weighted by Crippen LogP contribution is 2.35. The highest BCUT2D eigenvalue weighted by molar-refractivity contribution is 6.30. The Morgan fingerprint density at radius 1 is 1.23 bits per heavy atom. The largest absolute Gasteiger partial charge is 0.465 e. The summed E-state index contributed by atoms with van der Waals surface area (Å²) in [6.07, 6.45) is -0.0880. The maximum Gasteiger partial charge on any atom is 0.339 e. The van der Waals surface area contributed by atoms with Gasteiger partial charge in [0.05, 0.1) is 30.5 Å². The fraction of sp³-hybridized carbons (Fsp3) is 0.182. The number of carbonyl (C=O) groups excluding carboxylic acids is 3. The van der Waals surface area contributed by atoms with Crippen LogP contribution < -0.4 is 10.6 Å². The van der Waals surface area contributed by atoms with Crippen molar-refractivity contribution in [1.82, 2.24) is 9.78 Å². The van der Waals surface area contributed by atoms with E-state index < -0.39 is 17.9 Å². The molecule has 0 saturated carbocycles. The van der Waals surface area contributed by atoms with Crippen LogP contribution >= 0.6 is 11.6 Å². The van der Waals surface area contributed by atoms with Crippen LogP contribution in [0.15, 0.2) is 48.5 Å². The predicted molar refractivity (Wildman–Crippen MR) is 116 cm³/mol. The topological polar surface area (TPSA) is 102 Å². The van der Waals surface area contributed by atoms with Crippen LogP contribution in [0, 0.1) is 6.92 Å². The van der Waals surface area contributed by atoms with Crippen molar-refractivity contribution in [3.8, 4) is 11.3 Å². The minimum atomic E-state index is -0.888. The summed E-state index contributed by atoms with van der Waals surface area (Å²) in [5, 5.41) is 10.7. The summed E-state index contributed by atoms with van der Waals surface area (Å²) in [6, 6.07) is 12.8. The molecule has 0 unspecified atom stereocenters. The van der Waals surface area contributed by atoms with Crippen LogP contribution in [-0.2, 0) is 14.3 Å². The number of nitrogens with zero attached hydrogens (tertiary/aromatic N) is 2. The second-order valence-corrected chi connectivity index (χ2v) is 7.51. The number of benzene rings is 2. The first-order chi connectivity index (χ1) is 14.9. The highest BCUT2D eigenvalue weighted by atomic mass is 35.5. The van der Waals surface area contributed by atoms with E-state index in [1.54, 1.807) is 36.4 Å². The number of anilines is 2. The van der Waals surface area contributed by atoms with Crippen molar-refractivity contribution < 1.29 is 19.1 Å². The normalized spacial score (nSPS) is 15.1. The maximum atomic E-state index is 13.1. The summed E-state index contributed by atoms with van der Waals surface area (Å²) < 4.78 is 6.28. The van der Waals surface area contributed by atoms with Gasteiger partial charge in [-0.3, -0.25) is 9.59 Å². The van der Waals surface area contributed by atoms with E-state index in [1.807, 2.05) is 19.1 Å². The number of nitrogens with one attached hydrogen (secondary N) is 2. The molecule has 0 saturated heterocycles. The van der Waals surface area contributed by atoms with E-state index in [1.165, 1.54) is 11.8 Å². The molecule has 0 bridgehead atoms. The van der Waals surface area contributed by atoms with Crippen molar-refractivity contribution in [1.29, 1.82) is 0 Å². The SMILES string of the molecule is COC(=O)c1ccccc1NC(=O)[C@H]1CC(=O)Nc2c(C)c(-c3cccc(Cl)c3)nn21. The fourth-order valence-electron chi connectivity index (χ4n) is 3.55. The van der Waals surface area contributed by atoms with Crippen molar-refractivity contribution in [3.63, 3.8) is 0 Å². The average molecular weight is 439 g/mol. The molecule has 8 nitrogen and oxygen atoms in total. The molecule has 2 N–H and O–H groups in total. The molecule has 0 fully saturated rings. The number of para-hydroxylation sites is 1. The number of methoxy groups -OCH3 is 1. The van der Waals surface area contributed by atoms with Crippen LogP contribution in [-0.4, -0.2) is 34.7 Å². The van der Waals surface area contributed by atoms with E-state index in [0.29, 0.717) is 22.2 Å². The molecule has 9 heteroatoms. The number of fused-ring (bicyclic) bond motifs is 1. The minimum Gasteiger partial charge on any atom is -0.465 e. The number of carbonyl (C=O) groups is 3. The number of amides is 2. The van der Waals surface area contributed by atoms with Gasteiger partial charge in [-0.2, -0.15) is 5.10 Å². The summed E-state index contributed by atoms with van der Waals surface area (Å²) in [6.45, 7) is 1.82. The van der Waals surface area contributed by atoms with Gasteiger partial charge in [-0.1, -0.05) is 35.9 Å². The molecule has 1 atom stereocenters. The van der Waals surface area contributed by atoms with Crippen molar-refractivity contribution in [2.75, 3.05) is 17.7 Å². The lowest BCUT2D eigenvalue weighted by Crippen LogP contribution is -2.36. The second kappa shape index (κ2) is 8.23. The summed E-state index contributed by atoms with van der Waals surface area (Å²) >= 11 is 6.11. The third kappa shape index (κ3) is 3.89. The Kier molecular flexibility index (Phi) is 5.48. The lowest BCUT2D eigenvalue weighted by atomic mass is 10.1. The van der Waals surface area contributed by atoms with Gasteiger partial charge >= 0.3 is 5.97 Å². The number of aromatic nitrogens is 2. The van der Waals surface area contributed by atoms with Crippen molar-refractivity contribution >= 4 is 40.9 Å². The summed E-state index contributed by atoms with van der Waals surface area (Å²) in [4.78, 5) is 37.5. The van der Waals surface area contributed by atoms with Crippen molar-refractivity contribution in [3.05, 3.63) is 64.7 Å². The third-order valence-electron chi connectivity index (χ3n) is 5.07. The number of halogens is 1. The summed E-state index contributed by atoms with van der Waals surface area (Å²) in [5.41, 5.74) is 2.63. The molecule has 1 aliphatic rings. The maximum absolute atomic E-state index is 13.1. The highest BCUT2D eigenvalue weighted by Gasteiger charge is 2.34. The Bertz CT molecular complexity index is 1200. The molecule has 1 aliphatic heterocycles. The second-order valence-electron chi connectivity index (χ2n) is 7.07. The lowest BCUT2D eigenvalue weighted by molar-refractivity contribution is -0.125. The number of hydrogen-bond donors (Lipinski definition) is 2. The van der Waals surface area contributed by atoms with Crippen LogP contribution in [0.2, 0.25) is 5.02 Å². The fourth-order valence-corrected chi connectivity index (χ4v) is 3.74. The van der Waals surface area contributed by atoms with E-state index >= 15 is 0 Å². The predicted octanol–water partition coefficient (Wildman–Crippen LogP) is 3.82. The van der Waals surface area contributed by atoms with E-state index in [4.69, 9.17) is 16.3 Å². The first-order valence-corrected chi connectivity index (χ1v) is 9.90. The van der Waals surface area contributed by atoms with Crippen LogP contribution in [0.5, 0.6) is 0 Å². The summed E-state index contributed by atoms with van der Waals surface area (Å²) in [7, 11) is 1.27. The Morgan fingerprint density at radius 3 is 2.74 bits per heavy atom. The molecule has 0 radical (unpaired) electrons. The quantitative estimate of drug-likeness (QED) is 0.603. The van der Waals surface area contributed by atoms with E-state index in [2.05, 4.69) is 15.7 Å². The zero-order valence-electron chi connectivity index (χ0n) is 16.8. The zero-order chi connectivity index (χ0) is 22.1. The molecule has 2 amide bonds. The van der Waals surface area contributed by atoms with Crippen LogP contribution in [0.25, 0.3) is 11.3 Å². The number of rotatable bonds is 4. The molecular weight excluding hydrogens is 420 g/mol. The third-order valence-corrected chi connectivity index (χ3v) is 5.31. The molecule has 31 heavy (non-hydrogen) atoms. The number of hydrogen-bond acceptors (Lipinski definition) is 5. The molecule has 0 spiro atoms. The first-order valence-electron chi connectivity index (χ1n) is 9.52. The Morgan fingerprint density at radius 2 is 2.00 bits per heavy atom. The summed E-state index contributed by atoms with van der Waals surface area (Å²) in [5.74, 6) is -0.883. The Balaban J connectivity index is 1.70. The molecule has 3 aromatic rings. The van der Waals surface area contributed by atoms with Gasteiger partial charge in [0.25, 0.3) is 0 Å². The van der Waals surface area contributed by atoms with Gasteiger partial charge in [0.1, 0.15) is 11.9 Å². The van der Waals surface area contributed by atoms with Gasteiger partial charge < -0.3 is 15.4 Å². The van der Waals surface area contributed by atoms with Crippen molar-refractivity contribution in [2.45, 2.75) is 19.4 Å². The standard InChI is InChI=1S/C22H19ClN4O4/c1-12-19(13-6-5-7-14(23)10-13)26-27-17(11-18(28)25-20(12)27)21(29)24-16-9-4-3-8-15(16)22(30)31-2/h3-10,17H,11H2,1-2H3,(H,24,29)(H,25,28)/t17-/m1/s1. The van der Waals surface area contributed by atoms with Crippen molar-refractivity contribution in [2.24, 2.45) is 0 Å². The van der Waals surface area contributed by atoms with Gasteiger partial charge in [0.2, 0.25) is 11.8 Å². The van der Waals surface area contributed by atoms with Crippen LogP contribution in [0.4, 0.5) is 11.5 Å². The molecule has 2 aromatic carbocycles. The molecule has 1 aromatic heterocycles. The van der Waals surface area contributed by atoms with Gasteiger partial charge in [0.15, 0.2) is 0 Å². The monoisotopic (exact) mass is 438 g/mol. The Labute approximate surface area is 183 Å². The van der Waals surface area contributed by atoms with Gasteiger partial charge in [-0.25, -0.2) is 9.48 Å². The van der Waals surface area contributed by atoms with Crippen LogP contribution in [0.1, 0.15) is 28.4 Å². The van der Waals surface area contributed by atoms with Crippen LogP contribution in [0.3, 0.4) is 0 Å². The first kappa shape index (κ1) is 20.6. The lowest BCUT2D eigenvalue weighted by Gasteiger charge is -2.24. The smallest absolute Gasteiger partial charge is 0.339 e. The minimum absolute atomic E-state index is 0.0880. The number of ether oxygens (including phenoxy) is 1. The molecular formula is C22H19ClN4O4. The molecule has 0 aliphatic carbocycles. The number of esters is 1. The van der Waals surface area contributed by atoms with Gasteiger partial charge in [0, 0.05) is 16.1 Å². The molecule has 158 valence electrons. The zero-order valence-corrected chi connectivity index (χ0v) is 17.6. The average Bonchev–Trinajstić information content (AvgIpc) is 3.09. The van der Waals surface area contributed by atoms with E-state index in [0.717, 1.165) is 11.1 Å². The van der Waals surface area contributed by atoms with E-state index in [-0.39, 0.29) is 17.9 Å². The Hall–Kier alpha value is -3.65. The van der Waals surface area contributed by atoms with Gasteiger partial charge in [-0.05, 0) is 31.2 Å². The van der Waals surface area contributed by atoms with Gasteiger partial charge in [-0.15, -0.1) is 0 Å². The molecule has 2 heterocycles.